The van der Waals surface area contributed by atoms with Crippen molar-refractivity contribution >= 4 is 5.96 Å². The van der Waals surface area contributed by atoms with Gasteiger partial charge in [0.05, 0.1) is 12.9 Å². The molecule has 2 rings (SSSR count). The molecule has 0 radical (unpaired) electrons. The van der Waals surface area contributed by atoms with Crippen LogP contribution in [0.5, 0.6) is 0 Å². The summed E-state index contributed by atoms with van der Waals surface area (Å²) in [5.41, 5.74) is 0. The first kappa shape index (κ1) is 13.9. The van der Waals surface area contributed by atoms with Crippen LogP contribution in [0, 0.1) is 5.92 Å². The van der Waals surface area contributed by atoms with Gasteiger partial charge in [0.25, 0.3) is 0 Å². The molecule has 1 aliphatic heterocycles. The molecule has 0 saturated carbocycles. The summed E-state index contributed by atoms with van der Waals surface area (Å²) in [4.78, 5) is 10.5. The van der Waals surface area contributed by atoms with Gasteiger partial charge >= 0.3 is 0 Å². The van der Waals surface area contributed by atoms with Crippen LogP contribution in [-0.4, -0.2) is 60.8 Å². The molecule has 2 heterocycles. The minimum absolute atomic E-state index is 0.622. The van der Waals surface area contributed by atoms with Gasteiger partial charge in [0.1, 0.15) is 0 Å². The molecule has 1 unspecified atom stereocenters. The van der Waals surface area contributed by atoms with Crippen LogP contribution in [-0.2, 0) is 11.3 Å². The van der Waals surface area contributed by atoms with Gasteiger partial charge in [-0.3, -0.25) is 4.99 Å². The predicted octanol–water partition coefficient (Wildman–Crippen LogP) is 0.427. The van der Waals surface area contributed by atoms with Crippen molar-refractivity contribution in [1.82, 2.24) is 19.8 Å². The fraction of sp³-hybridized carbons (Fsp3) is 0.692. The zero-order chi connectivity index (χ0) is 13.5. The van der Waals surface area contributed by atoms with Gasteiger partial charge in [0.2, 0.25) is 0 Å². The lowest BCUT2D eigenvalue weighted by Crippen LogP contribution is -2.42. The second kappa shape index (κ2) is 7.13. The molecular weight excluding hydrogens is 242 g/mol. The number of rotatable bonds is 5. The first-order valence-corrected chi connectivity index (χ1v) is 6.75. The molecule has 0 aliphatic carbocycles. The van der Waals surface area contributed by atoms with E-state index in [0.29, 0.717) is 5.92 Å². The van der Waals surface area contributed by atoms with E-state index in [0.717, 1.165) is 45.2 Å². The molecule has 1 aromatic rings. The standard InChI is InChI=1S/C13H23N5O/c1-14-13(16-5-7-18-6-4-15-11-18)17(2)9-12-3-8-19-10-12/h4,6,11-12H,3,5,7-10H2,1-2H3,(H,14,16). The number of ether oxygens (including phenoxy) is 1. The molecule has 0 bridgehead atoms. The van der Waals surface area contributed by atoms with E-state index in [4.69, 9.17) is 4.74 Å². The molecule has 1 saturated heterocycles. The largest absolute Gasteiger partial charge is 0.381 e. The van der Waals surface area contributed by atoms with E-state index in [1.54, 1.807) is 6.20 Å². The van der Waals surface area contributed by atoms with E-state index >= 15 is 0 Å². The van der Waals surface area contributed by atoms with Crippen LogP contribution in [0.25, 0.3) is 0 Å². The summed E-state index contributed by atoms with van der Waals surface area (Å²) in [5.74, 6) is 1.56. The maximum Gasteiger partial charge on any atom is 0.193 e. The number of guanidine groups is 1. The summed E-state index contributed by atoms with van der Waals surface area (Å²) in [6, 6.07) is 0. The lowest BCUT2D eigenvalue weighted by Gasteiger charge is -2.24. The van der Waals surface area contributed by atoms with Gasteiger partial charge in [-0.25, -0.2) is 4.98 Å². The Morgan fingerprint density at radius 1 is 1.63 bits per heavy atom. The molecular formula is C13H23N5O. The minimum Gasteiger partial charge on any atom is -0.381 e. The molecule has 0 aromatic carbocycles. The molecule has 6 heteroatoms. The van der Waals surface area contributed by atoms with Crippen LogP contribution in [0.2, 0.25) is 0 Å². The van der Waals surface area contributed by atoms with Gasteiger partial charge < -0.3 is 19.5 Å². The Bertz CT molecular complexity index is 384. The van der Waals surface area contributed by atoms with Gasteiger partial charge in [0, 0.05) is 58.6 Å². The van der Waals surface area contributed by atoms with Crippen molar-refractivity contribution in [2.75, 3.05) is 40.4 Å². The Kier molecular flexibility index (Phi) is 5.20. The van der Waals surface area contributed by atoms with Crippen molar-refractivity contribution in [3.63, 3.8) is 0 Å². The van der Waals surface area contributed by atoms with Gasteiger partial charge in [0.15, 0.2) is 5.96 Å². The van der Waals surface area contributed by atoms with Crippen LogP contribution in [0.4, 0.5) is 0 Å². The highest BCUT2D eigenvalue weighted by Gasteiger charge is 2.18. The molecule has 19 heavy (non-hydrogen) atoms. The number of hydrogen-bond donors (Lipinski definition) is 1. The third kappa shape index (κ3) is 4.24. The van der Waals surface area contributed by atoms with Crippen molar-refractivity contribution < 1.29 is 4.74 Å². The third-order valence-electron chi connectivity index (χ3n) is 3.34. The van der Waals surface area contributed by atoms with Crippen LogP contribution in [0.3, 0.4) is 0 Å². The molecule has 1 aliphatic rings. The number of hydrogen-bond acceptors (Lipinski definition) is 3. The first-order chi connectivity index (χ1) is 9.29. The quantitative estimate of drug-likeness (QED) is 0.619. The van der Waals surface area contributed by atoms with Crippen molar-refractivity contribution in [1.29, 1.82) is 0 Å². The molecule has 1 fully saturated rings. The number of aliphatic imine (C=N–C) groups is 1. The van der Waals surface area contributed by atoms with Crippen molar-refractivity contribution in [3.8, 4) is 0 Å². The second-order valence-electron chi connectivity index (χ2n) is 4.88. The normalized spacial score (nSPS) is 19.7. The van der Waals surface area contributed by atoms with E-state index in [1.807, 2.05) is 24.1 Å². The van der Waals surface area contributed by atoms with Gasteiger partial charge in [-0.15, -0.1) is 0 Å². The molecule has 6 nitrogen and oxygen atoms in total. The van der Waals surface area contributed by atoms with E-state index < -0.39 is 0 Å². The lowest BCUT2D eigenvalue weighted by atomic mass is 10.1. The smallest absolute Gasteiger partial charge is 0.193 e. The zero-order valence-corrected chi connectivity index (χ0v) is 11.7. The monoisotopic (exact) mass is 265 g/mol. The van der Waals surface area contributed by atoms with Crippen LogP contribution < -0.4 is 5.32 Å². The van der Waals surface area contributed by atoms with E-state index in [1.165, 1.54) is 0 Å². The summed E-state index contributed by atoms with van der Waals surface area (Å²) in [6.45, 7) is 4.49. The second-order valence-corrected chi connectivity index (χ2v) is 4.88. The van der Waals surface area contributed by atoms with E-state index in [2.05, 4.69) is 27.2 Å². The maximum absolute atomic E-state index is 5.40. The fourth-order valence-corrected chi connectivity index (χ4v) is 2.30. The Morgan fingerprint density at radius 2 is 2.53 bits per heavy atom. The highest BCUT2D eigenvalue weighted by molar-refractivity contribution is 5.79. The van der Waals surface area contributed by atoms with Crippen LogP contribution in [0.15, 0.2) is 23.7 Å². The Balaban J connectivity index is 1.72. The SMILES string of the molecule is CN=C(NCCn1ccnc1)N(C)CC1CCOC1. The van der Waals surface area contributed by atoms with Crippen molar-refractivity contribution in [2.24, 2.45) is 10.9 Å². The van der Waals surface area contributed by atoms with Crippen LogP contribution >= 0.6 is 0 Å². The number of aromatic nitrogens is 2. The van der Waals surface area contributed by atoms with Crippen molar-refractivity contribution in [2.45, 2.75) is 13.0 Å². The molecule has 1 aromatic heterocycles. The molecule has 0 spiro atoms. The average molecular weight is 265 g/mol. The number of imidazole rings is 1. The van der Waals surface area contributed by atoms with Gasteiger partial charge in [-0.05, 0) is 6.42 Å². The van der Waals surface area contributed by atoms with E-state index in [-0.39, 0.29) is 0 Å². The molecule has 1 N–H and O–H groups in total. The Labute approximate surface area is 114 Å². The predicted molar refractivity (Wildman–Crippen MR) is 75.1 cm³/mol. The average Bonchev–Trinajstić information content (AvgIpc) is 3.07. The third-order valence-corrected chi connectivity index (χ3v) is 3.34. The summed E-state index contributed by atoms with van der Waals surface area (Å²) in [6.07, 6.45) is 6.73. The summed E-state index contributed by atoms with van der Waals surface area (Å²) >= 11 is 0. The van der Waals surface area contributed by atoms with Crippen LogP contribution in [0.1, 0.15) is 6.42 Å². The summed E-state index contributed by atoms with van der Waals surface area (Å²) < 4.78 is 7.45. The van der Waals surface area contributed by atoms with Gasteiger partial charge in [-0.1, -0.05) is 0 Å². The van der Waals surface area contributed by atoms with E-state index in [9.17, 15) is 0 Å². The zero-order valence-electron chi connectivity index (χ0n) is 11.7. The molecule has 1 atom stereocenters. The highest BCUT2D eigenvalue weighted by Crippen LogP contribution is 2.13. The highest BCUT2D eigenvalue weighted by atomic mass is 16.5. The molecule has 0 amide bonds. The maximum atomic E-state index is 5.40. The first-order valence-electron chi connectivity index (χ1n) is 6.75. The Morgan fingerprint density at radius 3 is 3.16 bits per heavy atom. The Hall–Kier alpha value is -1.56. The summed E-state index contributed by atoms with van der Waals surface area (Å²) in [7, 11) is 3.89. The van der Waals surface area contributed by atoms with Crippen molar-refractivity contribution in [3.05, 3.63) is 18.7 Å². The minimum atomic E-state index is 0.622. The number of nitrogens with one attached hydrogen (secondary N) is 1. The summed E-state index contributed by atoms with van der Waals surface area (Å²) in [5, 5.41) is 3.37. The topological polar surface area (TPSA) is 54.7 Å². The lowest BCUT2D eigenvalue weighted by molar-refractivity contribution is 0.181. The van der Waals surface area contributed by atoms with Gasteiger partial charge in [-0.2, -0.15) is 0 Å². The number of nitrogens with zero attached hydrogens (tertiary/aromatic N) is 4. The fourth-order valence-electron chi connectivity index (χ4n) is 2.30. The molecule has 106 valence electrons.